The van der Waals surface area contributed by atoms with E-state index in [1.165, 1.54) is 0 Å². The summed E-state index contributed by atoms with van der Waals surface area (Å²) in [6.45, 7) is 2.78. The van der Waals surface area contributed by atoms with Crippen molar-refractivity contribution in [2.75, 3.05) is 16.2 Å². The second kappa shape index (κ2) is 7.00. The van der Waals surface area contributed by atoms with Crippen LogP contribution in [0.5, 0.6) is 0 Å². The minimum atomic E-state index is -3.63. The van der Waals surface area contributed by atoms with Crippen molar-refractivity contribution in [1.29, 1.82) is 0 Å². The molecule has 0 atom stereocenters. The number of aryl methyl sites for hydroxylation is 1. The van der Waals surface area contributed by atoms with Crippen molar-refractivity contribution < 1.29 is 13.2 Å². The summed E-state index contributed by atoms with van der Waals surface area (Å²) in [5.41, 5.74) is 3.60. The van der Waals surface area contributed by atoms with Crippen LogP contribution in [0.1, 0.15) is 37.3 Å². The van der Waals surface area contributed by atoms with E-state index in [1.54, 1.807) is 18.2 Å². The van der Waals surface area contributed by atoms with Crippen LogP contribution >= 0.6 is 0 Å². The summed E-state index contributed by atoms with van der Waals surface area (Å²) < 4.78 is 28.0. The summed E-state index contributed by atoms with van der Waals surface area (Å²) in [4.78, 5) is 14.5. The van der Waals surface area contributed by atoms with E-state index in [4.69, 9.17) is 0 Å². The van der Waals surface area contributed by atoms with Crippen molar-refractivity contribution >= 4 is 27.3 Å². The number of hydrogen-bond donors (Lipinski definition) is 1. The Labute approximate surface area is 160 Å². The first-order valence-electron chi connectivity index (χ1n) is 9.54. The quantitative estimate of drug-likeness (QED) is 0.825. The van der Waals surface area contributed by atoms with E-state index < -0.39 is 10.0 Å². The molecule has 0 spiro atoms. The minimum Gasteiger partial charge on any atom is -0.312 e. The Bertz CT molecular complexity index is 963. The molecule has 142 valence electrons. The smallest absolute Gasteiger partial charge is 0.261 e. The number of anilines is 2. The number of hydrogen-bond acceptors (Lipinski definition) is 3. The van der Waals surface area contributed by atoms with Gasteiger partial charge in [0.05, 0.1) is 4.90 Å². The van der Waals surface area contributed by atoms with E-state index in [0.717, 1.165) is 48.9 Å². The molecule has 5 nitrogen and oxygen atoms in total. The number of sulfonamides is 1. The van der Waals surface area contributed by atoms with E-state index in [1.807, 2.05) is 29.2 Å². The highest BCUT2D eigenvalue weighted by Crippen LogP contribution is 2.37. The zero-order valence-electron chi connectivity index (χ0n) is 15.4. The van der Waals surface area contributed by atoms with Crippen molar-refractivity contribution in [2.45, 2.75) is 43.9 Å². The highest BCUT2D eigenvalue weighted by atomic mass is 32.2. The predicted molar refractivity (Wildman–Crippen MR) is 106 cm³/mol. The normalized spacial score (nSPS) is 16.3. The van der Waals surface area contributed by atoms with Gasteiger partial charge in [0.1, 0.15) is 0 Å². The first-order valence-corrected chi connectivity index (χ1v) is 11.0. The molecular formula is C21H24N2O3S. The highest BCUT2D eigenvalue weighted by Gasteiger charge is 2.36. The molecule has 0 saturated heterocycles. The molecule has 1 N–H and O–H groups in total. The van der Waals surface area contributed by atoms with Gasteiger partial charge in [-0.2, -0.15) is 0 Å². The van der Waals surface area contributed by atoms with Crippen molar-refractivity contribution in [3.63, 3.8) is 0 Å². The molecular weight excluding hydrogens is 360 g/mol. The van der Waals surface area contributed by atoms with Gasteiger partial charge in [-0.3, -0.25) is 9.52 Å². The lowest BCUT2D eigenvalue weighted by molar-refractivity contribution is -0.119. The number of amides is 1. The number of carbonyl (C=O) groups excluding carboxylic acids is 1. The van der Waals surface area contributed by atoms with Gasteiger partial charge >= 0.3 is 0 Å². The lowest BCUT2D eigenvalue weighted by Gasteiger charge is -2.17. The fourth-order valence-corrected chi connectivity index (χ4v) is 4.63. The highest BCUT2D eigenvalue weighted by molar-refractivity contribution is 7.92. The molecule has 0 unspecified atom stereocenters. The van der Waals surface area contributed by atoms with E-state index in [9.17, 15) is 13.2 Å². The molecule has 4 rings (SSSR count). The zero-order valence-corrected chi connectivity index (χ0v) is 16.3. The van der Waals surface area contributed by atoms with Crippen LogP contribution in [0.4, 0.5) is 11.4 Å². The maximum atomic E-state index is 12.7. The number of nitrogens with zero attached hydrogens (tertiary/aromatic N) is 1. The molecule has 6 heteroatoms. The molecule has 1 aliphatic heterocycles. The molecule has 2 aromatic carbocycles. The Hall–Kier alpha value is -2.34. The first-order chi connectivity index (χ1) is 13.0. The largest absolute Gasteiger partial charge is 0.312 e. The van der Waals surface area contributed by atoms with E-state index in [2.05, 4.69) is 11.6 Å². The summed E-state index contributed by atoms with van der Waals surface area (Å²) in [5.74, 6) is 0.388. The standard InChI is InChI=1S/C21H24N2O3S/c1-2-3-15-4-9-19(10-5-15)27(25,26)22-18-8-11-20-17(14-18)12-13-23(20)21(24)16-6-7-16/h4-5,8-11,14,16,22H,2-3,6-7,12-13H2,1H3. The van der Waals surface area contributed by atoms with Crippen LogP contribution in [0.3, 0.4) is 0 Å². The SMILES string of the molecule is CCCc1ccc(S(=O)(=O)Nc2ccc3c(c2)CCN3C(=O)C2CC2)cc1. The average Bonchev–Trinajstić information content (AvgIpc) is 3.41. The number of carbonyl (C=O) groups is 1. The summed E-state index contributed by atoms with van der Waals surface area (Å²) >= 11 is 0. The van der Waals surface area contributed by atoms with Crippen molar-refractivity contribution in [1.82, 2.24) is 0 Å². The lowest BCUT2D eigenvalue weighted by Crippen LogP contribution is -2.30. The Kier molecular flexibility index (Phi) is 4.68. The Morgan fingerprint density at radius 1 is 1.15 bits per heavy atom. The van der Waals surface area contributed by atoms with E-state index in [0.29, 0.717) is 12.2 Å². The number of rotatable bonds is 6. The number of benzene rings is 2. The van der Waals surface area contributed by atoms with Crippen LogP contribution in [0.2, 0.25) is 0 Å². The molecule has 1 fully saturated rings. The van der Waals surface area contributed by atoms with Crippen LogP contribution < -0.4 is 9.62 Å². The van der Waals surface area contributed by atoms with Gasteiger partial charge in [0.2, 0.25) is 5.91 Å². The fraction of sp³-hybridized carbons (Fsp3) is 0.381. The molecule has 1 amide bonds. The van der Waals surface area contributed by atoms with E-state index in [-0.39, 0.29) is 16.7 Å². The molecule has 2 aromatic rings. The monoisotopic (exact) mass is 384 g/mol. The Morgan fingerprint density at radius 2 is 1.89 bits per heavy atom. The van der Waals surface area contributed by atoms with Gasteiger partial charge in [0.25, 0.3) is 10.0 Å². The van der Waals surface area contributed by atoms with Crippen LogP contribution in [-0.2, 0) is 27.7 Å². The van der Waals surface area contributed by atoms with E-state index >= 15 is 0 Å². The summed E-state index contributed by atoms with van der Waals surface area (Å²) in [5, 5.41) is 0. The average molecular weight is 385 g/mol. The molecule has 1 aliphatic carbocycles. The zero-order chi connectivity index (χ0) is 19.0. The lowest BCUT2D eigenvalue weighted by atomic mass is 10.1. The molecule has 1 saturated carbocycles. The third-order valence-electron chi connectivity index (χ3n) is 5.19. The number of nitrogens with one attached hydrogen (secondary N) is 1. The Balaban J connectivity index is 1.52. The molecule has 2 aliphatic rings. The fourth-order valence-electron chi connectivity index (χ4n) is 3.58. The first kappa shape index (κ1) is 18.0. The predicted octanol–water partition coefficient (Wildman–Crippen LogP) is 3.74. The van der Waals surface area contributed by atoms with Gasteiger partial charge in [-0.05, 0) is 67.1 Å². The van der Waals surface area contributed by atoms with Crippen molar-refractivity contribution in [3.05, 3.63) is 53.6 Å². The van der Waals surface area contributed by atoms with Gasteiger partial charge in [-0.1, -0.05) is 25.5 Å². The van der Waals surface area contributed by atoms with Crippen molar-refractivity contribution in [3.8, 4) is 0 Å². The number of fused-ring (bicyclic) bond motifs is 1. The molecule has 0 radical (unpaired) electrons. The maximum absolute atomic E-state index is 12.7. The minimum absolute atomic E-state index is 0.185. The molecule has 27 heavy (non-hydrogen) atoms. The summed E-state index contributed by atoms with van der Waals surface area (Å²) in [6.07, 6.45) is 4.70. The molecule has 1 heterocycles. The van der Waals surface area contributed by atoms with Gasteiger partial charge in [0.15, 0.2) is 0 Å². The third kappa shape index (κ3) is 3.72. The third-order valence-corrected chi connectivity index (χ3v) is 6.59. The van der Waals surface area contributed by atoms with Crippen LogP contribution in [0, 0.1) is 5.92 Å². The van der Waals surface area contributed by atoms with Gasteiger partial charge in [0, 0.05) is 23.8 Å². The summed E-state index contributed by atoms with van der Waals surface area (Å²) in [6, 6.07) is 12.5. The van der Waals surface area contributed by atoms with Crippen LogP contribution in [0.25, 0.3) is 0 Å². The topological polar surface area (TPSA) is 66.5 Å². The molecule has 0 bridgehead atoms. The summed E-state index contributed by atoms with van der Waals surface area (Å²) in [7, 11) is -3.63. The van der Waals surface area contributed by atoms with Gasteiger partial charge in [-0.25, -0.2) is 8.42 Å². The second-order valence-corrected chi connectivity index (χ2v) is 9.04. The Morgan fingerprint density at radius 3 is 2.56 bits per heavy atom. The second-order valence-electron chi connectivity index (χ2n) is 7.36. The van der Waals surface area contributed by atoms with Crippen molar-refractivity contribution in [2.24, 2.45) is 5.92 Å². The van der Waals surface area contributed by atoms with Gasteiger partial charge in [-0.15, -0.1) is 0 Å². The van der Waals surface area contributed by atoms with Gasteiger partial charge < -0.3 is 4.90 Å². The maximum Gasteiger partial charge on any atom is 0.261 e. The molecule has 0 aromatic heterocycles. The van der Waals surface area contributed by atoms with Crippen LogP contribution in [0.15, 0.2) is 47.4 Å². The van der Waals surface area contributed by atoms with Crippen LogP contribution in [-0.4, -0.2) is 20.9 Å².